The molecule has 0 bridgehead atoms. The number of hydrogen-bond donors (Lipinski definition) is 0. The van der Waals surface area contributed by atoms with Gasteiger partial charge in [0.25, 0.3) is 0 Å². The van der Waals surface area contributed by atoms with Crippen LogP contribution in [0, 0.1) is 6.92 Å². The largest absolute Gasteiger partial charge is 0.416 e. The van der Waals surface area contributed by atoms with Crippen molar-refractivity contribution in [2.24, 2.45) is 4.99 Å². The average molecular weight is 382 g/mol. The van der Waals surface area contributed by atoms with Crippen molar-refractivity contribution in [2.45, 2.75) is 19.4 Å². The van der Waals surface area contributed by atoms with E-state index in [1.54, 1.807) is 24.6 Å². The van der Waals surface area contributed by atoms with Crippen molar-refractivity contribution >= 4 is 29.0 Å². The van der Waals surface area contributed by atoms with E-state index in [0.717, 1.165) is 34.6 Å². The van der Waals surface area contributed by atoms with Gasteiger partial charge in [-0.2, -0.15) is 13.2 Å². The van der Waals surface area contributed by atoms with E-state index in [1.165, 1.54) is 12.1 Å². The van der Waals surface area contributed by atoms with Crippen molar-refractivity contribution in [3.05, 3.63) is 78.3 Å². The third-order valence-electron chi connectivity index (χ3n) is 4.65. The van der Waals surface area contributed by atoms with E-state index in [2.05, 4.69) is 16.6 Å². The van der Waals surface area contributed by atoms with Gasteiger partial charge in [-0.15, -0.1) is 0 Å². The molecule has 4 nitrogen and oxygen atoms in total. The molecule has 0 saturated heterocycles. The van der Waals surface area contributed by atoms with Gasteiger partial charge in [0.2, 0.25) is 6.29 Å². The van der Waals surface area contributed by atoms with Crippen LogP contribution in [-0.2, 0) is 6.18 Å². The number of halogens is 3. The van der Waals surface area contributed by atoms with Gasteiger partial charge < -0.3 is 4.90 Å². The van der Waals surface area contributed by atoms with Gasteiger partial charge in [-0.3, -0.25) is 4.57 Å². The molecule has 1 aliphatic heterocycles. The maximum absolute atomic E-state index is 12.9. The molecule has 0 fully saturated rings. The highest BCUT2D eigenvalue weighted by molar-refractivity contribution is 5.80. The lowest BCUT2D eigenvalue weighted by Gasteiger charge is -2.31. The Morgan fingerprint density at radius 3 is 2.54 bits per heavy atom. The molecule has 2 aromatic carbocycles. The Morgan fingerprint density at radius 1 is 1.11 bits per heavy atom. The third-order valence-corrected chi connectivity index (χ3v) is 4.65. The van der Waals surface area contributed by atoms with Crippen LogP contribution >= 0.6 is 0 Å². The maximum atomic E-state index is 12.9. The maximum Gasteiger partial charge on any atom is 0.416 e. The van der Waals surface area contributed by atoms with Crippen molar-refractivity contribution in [3.8, 4) is 0 Å². The fourth-order valence-corrected chi connectivity index (χ4v) is 3.29. The number of anilines is 1. The molecule has 28 heavy (non-hydrogen) atoms. The predicted molar refractivity (Wildman–Crippen MR) is 105 cm³/mol. The molecule has 0 amide bonds. The Kier molecular flexibility index (Phi) is 4.30. The molecule has 2 heterocycles. The number of rotatable bonds is 3. The van der Waals surface area contributed by atoms with Crippen LogP contribution < -0.4 is 4.90 Å². The highest BCUT2D eigenvalue weighted by Gasteiger charge is 2.31. The molecule has 0 aliphatic carbocycles. The van der Waals surface area contributed by atoms with Crippen LogP contribution in [0.1, 0.15) is 23.2 Å². The first-order valence-electron chi connectivity index (χ1n) is 8.65. The lowest BCUT2D eigenvalue weighted by Crippen LogP contribution is -2.29. The van der Waals surface area contributed by atoms with Gasteiger partial charge in [-0.25, -0.2) is 9.98 Å². The first-order valence-corrected chi connectivity index (χ1v) is 8.65. The second-order valence-electron chi connectivity index (χ2n) is 6.42. The zero-order valence-electron chi connectivity index (χ0n) is 15.1. The van der Waals surface area contributed by atoms with Gasteiger partial charge in [0, 0.05) is 18.1 Å². The number of nitrogens with zero attached hydrogens (tertiary/aromatic N) is 4. The highest BCUT2D eigenvalue weighted by Crippen LogP contribution is 2.34. The molecule has 1 aromatic heterocycles. The number of imidazole rings is 1. The first kappa shape index (κ1) is 18.0. The number of hydrogen-bond acceptors (Lipinski definition) is 3. The lowest BCUT2D eigenvalue weighted by molar-refractivity contribution is -0.137. The molecule has 0 saturated carbocycles. The van der Waals surface area contributed by atoms with Gasteiger partial charge in [0.05, 0.1) is 16.6 Å². The van der Waals surface area contributed by atoms with E-state index >= 15 is 0 Å². The van der Waals surface area contributed by atoms with Crippen LogP contribution in [0.3, 0.4) is 0 Å². The Bertz CT molecular complexity index is 1090. The van der Waals surface area contributed by atoms with E-state index in [1.807, 2.05) is 34.6 Å². The standard InChI is InChI=1S/C21H17F3N4/c1-3-15-5-10-18-19(13-15)28(14(2)26-18)20-25-11-4-12-27(20)17-8-6-16(7-9-17)21(22,23)24/h3-13,20H,1H2,2H3. The van der Waals surface area contributed by atoms with E-state index in [9.17, 15) is 13.2 Å². The summed E-state index contributed by atoms with van der Waals surface area (Å²) in [6.45, 7) is 5.69. The number of aromatic nitrogens is 2. The number of aliphatic imine (C=N–C) groups is 1. The monoisotopic (exact) mass is 382 g/mol. The van der Waals surface area contributed by atoms with E-state index in [0.29, 0.717) is 5.69 Å². The van der Waals surface area contributed by atoms with Crippen molar-refractivity contribution in [1.29, 1.82) is 0 Å². The van der Waals surface area contributed by atoms with Gasteiger partial charge in [0.15, 0.2) is 0 Å². The zero-order valence-corrected chi connectivity index (χ0v) is 15.1. The average Bonchev–Trinajstić information content (AvgIpc) is 3.02. The van der Waals surface area contributed by atoms with E-state index in [-0.39, 0.29) is 0 Å². The number of benzene rings is 2. The van der Waals surface area contributed by atoms with Gasteiger partial charge in [-0.1, -0.05) is 18.7 Å². The summed E-state index contributed by atoms with van der Waals surface area (Å²) in [6.07, 6.45) is 2.11. The van der Waals surface area contributed by atoms with E-state index < -0.39 is 18.0 Å². The summed E-state index contributed by atoms with van der Waals surface area (Å²) in [6, 6.07) is 10.9. The van der Waals surface area contributed by atoms with Crippen LogP contribution in [0.4, 0.5) is 18.9 Å². The summed E-state index contributed by atoms with van der Waals surface area (Å²) in [4.78, 5) is 11.0. The van der Waals surface area contributed by atoms with Crippen molar-refractivity contribution < 1.29 is 13.2 Å². The summed E-state index contributed by atoms with van der Waals surface area (Å²) in [5, 5.41) is 0. The van der Waals surface area contributed by atoms with Crippen LogP contribution in [-0.4, -0.2) is 15.8 Å². The van der Waals surface area contributed by atoms with Crippen LogP contribution in [0.15, 0.2) is 66.3 Å². The minimum absolute atomic E-state index is 0.494. The van der Waals surface area contributed by atoms with Crippen LogP contribution in [0.25, 0.3) is 17.1 Å². The number of aryl methyl sites for hydroxylation is 1. The Hall–Kier alpha value is -3.35. The Labute approximate surface area is 159 Å². The minimum atomic E-state index is -4.37. The molecule has 0 spiro atoms. The number of alkyl halides is 3. The summed E-state index contributed by atoms with van der Waals surface area (Å²) in [5.74, 6) is 0.755. The SMILES string of the molecule is C=Cc1ccc2nc(C)n(C3N=CC=CN3c3ccc(C(F)(F)F)cc3)c2c1. The molecule has 1 unspecified atom stereocenters. The molecule has 0 N–H and O–H groups in total. The summed E-state index contributed by atoms with van der Waals surface area (Å²) in [7, 11) is 0. The molecular weight excluding hydrogens is 365 g/mol. The van der Waals surface area contributed by atoms with Crippen molar-refractivity contribution in [3.63, 3.8) is 0 Å². The predicted octanol–water partition coefficient (Wildman–Crippen LogP) is 5.57. The Balaban J connectivity index is 1.79. The van der Waals surface area contributed by atoms with Crippen molar-refractivity contribution in [1.82, 2.24) is 9.55 Å². The van der Waals surface area contributed by atoms with Crippen LogP contribution in [0.5, 0.6) is 0 Å². The van der Waals surface area contributed by atoms with E-state index in [4.69, 9.17) is 0 Å². The van der Waals surface area contributed by atoms with Crippen LogP contribution in [0.2, 0.25) is 0 Å². The molecule has 0 radical (unpaired) electrons. The lowest BCUT2D eigenvalue weighted by atomic mass is 10.2. The Morgan fingerprint density at radius 2 is 1.86 bits per heavy atom. The molecule has 1 aliphatic rings. The van der Waals surface area contributed by atoms with Gasteiger partial charge >= 0.3 is 6.18 Å². The molecule has 4 rings (SSSR count). The summed E-state index contributed by atoms with van der Waals surface area (Å²) in [5.41, 5.74) is 2.57. The quantitative estimate of drug-likeness (QED) is 0.594. The fourth-order valence-electron chi connectivity index (χ4n) is 3.29. The zero-order chi connectivity index (χ0) is 19.9. The molecule has 3 aromatic rings. The topological polar surface area (TPSA) is 33.4 Å². The second-order valence-corrected chi connectivity index (χ2v) is 6.42. The smallest absolute Gasteiger partial charge is 0.308 e. The second kappa shape index (κ2) is 6.67. The summed E-state index contributed by atoms with van der Waals surface area (Å²) >= 11 is 0. The fraction of sp³-hybridized carbons (Fsp3) is 0.143. The van der Waals surface area contributed by atoms with Gasteiger partial charge in [0.1, 0.15) is 5.82 Å². The molecule has 142 valence electrons. The minimum Gasteiger partial charge on any atom is -0.308 e. The highest BCUT2D eigenvalue weighted by atomic mass is 19.4. The first-order chi connectivity index (χ1) is 13.4. The van der Waals surface area contributed by atoms with Gasteiger partial charge in [-0.05, 0) is 55.0 Å². The molecule has 7 heteroatoms. The van der Waals surface area contributed by atoms with Crippen molar-refractivity contribution in [2.75, 3.05) is 4.90 Å². The molecule has 1 atom stereocenters. The summed E-state index contributed by atoms with van der Waals surface area (Å²) < 4.78 is 40.6. The normalized spacial score (nSPS) is 16.7. The third kappa shape index (κ3) is 3.09. The number of allylic oxidation sites excluding steroid dienone is 1. The number of fused-ring (bicyclic) bond motifs is 1. The molecular formula is C21H17F3N4.